The fourth-order valence-electron chi connectivity index (χ4n) is 2.20. The molecule has 0 saturated carbocycles. The van der Waals surface area contributed by atoms with Gasteiger partial charge in [-0.1, -0.05) is 23.2 Å². The van der Waals surface area contributed by atoms with Crippen LogP contribution in [0.5, 0.6) is 0 Å². The normalized spacial score (nSPS) is 10.7. The van der Waals surface area contributed by atoms with Crippen molar-refractivity contribution in [3.05, 3.63) is 63.2 Å². The number of rotatable bonds is 5. The molecule has 25 heavy (non-hydrogen) atoms. The van der Waals surface area contributed by atoms with E-state index in [-0.39, 0.29) is 12.2 Å². The van der Waals surface area contributed by atoms with Gasteiger partial charge in [-0.05, 0) is 42.5 Å². The van der Waals surface area contributed by atoms with Gasteiger partial charge in [0.05, 0.1) is 16.4 Å². The Labute approximate surface area is 156 Å². The lowest BCUT2D eigenvalue weighted by Gasteiger charge is -2.05. The zero-order valence-corrected chi connectivity index (χ0v) is 14.9. The molecule has 1 N–H and O–H groups in total. The molecule has 3 aromatic rings. The molecule has 0 atom stereocenters. The number of carbonyl (C=O) groups is 1. The average molecular weight is 396 g/mol. The number of carboxylic acid groups (broad SMARTS) is 1. The summed E-state index contributed by atoms with van der Waals surface area (Å²) in [5.41, 5.74) is 1.66. The van der Waals surface area contributed by atoms with Crippen LogP contribution in [0.3, 0.4) is 0 Å². The highest BCUT2D eigenvalue weighted by atomic mass is 35.5. The molecule has 0 bridgehead atoms. The SMILES string of the molecule is O=C([O-])Cc1sc(Nc2ccc(Cl)cc2Cl)nc1-c1ccc(F)cc1. The van der Waals surface area contributed by atoms with Gasteiger partial charge in [0, 0.05) is 27.9 Å². The zero-order chi connectivity index (χ0) is 18.0. The average Bonchev–Trinajstić information content (AvgIpc) is 2.92. The minimum atomic E-state index is -1.22. The number of nitrogens with zero attached hydrogens (tertiary/aromatic N) is 1. The summed E-state index contributed by atoms with van der Waals surface area (Å²) in [7, 11) is 0. The standard InChI is InChI=1S/C17H11Cl2FN2O2S/c18-10-3-6-13(12(19)7-10)21-17-22-16(14(25-17)8-15(23)24)9-1-4-11(20)5-2-9/h1-7H,8H2,(H,21,22)(H,23,24)/p-1. The molecule has 1 aromatic heterocycles. The molecule has 0 radical (unpaired) electrons. The van der Waals surface area contributed by atoms with Crippen LogP contribution in [0.4, 0.5) is 15.2 Å². The molecule has 1 heterocycles. The molecule has 4 nitrogen and oxygen atoms in total. The molecule has 3 rings (SSSR count). The first-order chi connectivity index (χ1) is 11.9. The lowest BCUT2D eigenvalue weighted by atomic mass is 10.1. The first-order valence-electron chi connectivity index (χ1n) is 7.10. The van der Waals surface area contributed by atoms with Crippen molar-refractivity contribution in [3.8, 4) is 11.3 Å². The van der Waals surface area contributed by atoms with Crippen LogP contribution in [0.15, 0.2) is 42.5 Å². The third-order valence-electron chi connectivity index (χ3n) is 3.29. The van der Waals surface area contributed by atoms with Crippen molar-refractivity contribution < 1.29 is 14.3 Å². The number of halogens is 3. The lowest BCUT2D eigenvalue weighted by Crippen LogP contribution is -2.24. The number of hydrogen-bond acceptors (Lipinski definition) is 5. The number of carboxylic acids is 1. The van der Waals surface area contributed by atoms with Crippen LogP contribution < -0.4 is 10.4 Å². The highest BCUT2D eigenvalue weighted by Crippen LogP contribution is 2.35. The van der Waals surface area contributed by atoms with E-state index in [1.165, 1.54) is 23.5 Å². The molecular formula is C17H10Cl2FN2O2S-. The number of anilines is 2. The third kappa shape index (κ3) is 4.28. The van der Waals surface area contributed by atoms with Crippen LogP contribution >= 0.6 is 34.5 Å². The van der Waals surface area contributed by atoms with Crippen LogP contribution in [0, 0.1) is 5.82 Å². The number of aliphatic carboxylic acids is 1. The zero-order valence-electron chi connectivity index (χ0n) is 12.6. The summed E-state index contributed by atoms with van der Waals surface area (Å²) in [4.78, 5) is 15.9. The Morgan fingerprint density at radius 2 is 1.92 bits per heavy atom. The van der Waals surface area contributed by atoms with Gasteiger partial charge in [0.2, 0.25) is 0 Å². The van der Waals surface area contributed by atoms with Crippen molar-refractivity contribution in [3.63, 3.8) is 0 Å². The summed E-state index contributed by atoms with van der Waals surface area (Å²) in [6.45, 7) is 0. The Bertz CT molecular complexity index is 929. The molecule has 0 saturated heterocycles. The van der Waals surface area contributed by atoms with E-state index in [9.17, 15) is 14.3 Å². The van der Waals surface area contributed by atoms with Gasteiger partial charge in [0.25, 0.3) is 0 Å². The molecule has 0 aliphatic carbocycles. The van der Waals surface area contributed by atoms with E-state index in [1.807, 2.05) is 0 Å². The van der Waals surface area contributed by atoms with Crippen molar-refractivity contribution >= 4 is 51.3 Å². The van der Waals surface area contributed by atoms with Gasteiger partial charge in [-0.3, -0.25) is 0 Å². The third-order valence-corrected chi connectivity index (χ3v) is 4.81. The van der Waals surface area contributed by atoms with Crippen LogP contribution in [-0.4, -0.2) is 11.0 Å². The molecule has 128 valence electrons. The number of nitrogens with one attached hydrogen (secondary N) is 1. The van der Waals surface area contributed by atoms with Crippen molar-refractivity contribution in [2.45, 2.75) is 6.42 Å². The van der Waals surface area contributed by atoms with E-state index in [2.05, 4.69) is 10.3 Å². The molecule has 0 unspecified atom stereocenters. The fraction of sp³-hybridized carbons (Fsp3) is 0.0588. The first-order valence-corrected chi connectivity index (χ1v) is 8.67. The molecule has 0 aliphatic rings. The molecule has 2 aromatic carbocycles. The van der Waals surface area contributed by atoms with Crippen LogP contribution in [-0.2, 0) is 11.2 Å². The molecule has 0 fully saturated rings. The number of benzene rings is 2. The van der Waals surface area contributed by atoms with Gasteiger partial charge >= 0.3 is 0 Å². The molecule has 0 amide bonds. The van der Waals surface area contributed by atoms with Gasteiger partial charge in [-0.25, -0.2) is 9.37 Å². The first kappa shape index (κ1) is 17.7. The molecular weight excluding hydrogens is 386 g/mol. The van der Waals surface area contributed by atoms with Crippen LogP contribution in [0.1, 0.15) is 4.88 Å². The Morgan fingerprint density at radius 1 is 1.20 bits per heavy atom. The van der Waals surface area contributed by atoms with Crippen molar-refractivity contribution in [1.29, 1.82) is 0 Å². The predicted molar refractivity (Wildman–Crippen MR) is 96.0 cm³/mol. The Kier molecular flexibility index (Phi) is 5.22. The molecule has 0 spiro atoms. The second kappa shape index (κ2) is 7.39. The van der Waals surface area contributed by atoms with Crippen molar-refractivity contribution in [1.82, 2.24) is 4.98 Å². The maximum absolute atomic E-state index is 13.1. The summed E-state index contributed by atoms with van der Waals surface area (Å²) < 4.78 is 13.1. The number of hydrogen-bond donors (Lipinski definition) is 1. The Morgan fingerprint density at radius 3 is 2.56 bits per heavy atom. The Hall–Kier alpha value is -2.15. The van der Waals surface area contributed by atoms with E-state index < -0.39 is 5.97 Å². The van der Waals surface area contributed by atoms with Gasteiger partial charge < -0.3 is 15.2 Å². The molecule has 0 aliphatic heterocycles. The summed E-state index contributed by atoms with van der Waals surface area (Å²) in [6.07, 6.45) is -0.291. The number of aromatic nitrogens is 1. The van der Waals surface area contributed by atoms with Crippen LogP contribution in [0.25, 0.3) is 11.3 Å². The van der Waals surface area contributed by atoms with E-state index in [0.29, 0.717) is 37.0 Å². The second-order valence-corrected chi connectivity index (χ2v) is 7.02. The van der Waals surface area contributed by atoms with Gasteiger partial charge in [0.1, 0.15) is 5.82 Å². The minimum Gasteiger partial charge on any atom is -0.550 e. The quantitative estimate of drug-likeness (QED) is 0.699. The maximum atomic E-state index is 13.1. The predicted octanol–water partition coefficient (Wildman–Crippen LogP) is 4.29. The number of thiazole rings is 1. The largest absolute Gasteiger partial charge is 0.550 e. The monoisotopic (exact) mass is 395 g/mol. The summed E-state index contributed by atoms with van der Waals surface area (Å²) in [6, 6.07) is 10.6. The minimum absolute atomic E-state index is 0.291. The lowest BCUT2D eigenvalue weighted by molar-refractivity contribution is -0.304. The fourth-order valence-corrected chi connectivity index (χ4v) is 3.63. The van der Waals surface area contributed by atoms with Gasteiger partial charge in [-0.2, -0.15) is 0 Å². The van der Waals surface area contributed by atoms with Crippen molar-refractivity contribution in [2.24, 2.45) is 0 Å². The van der Waals surface area contributed by atoms with Gasteiger partial charge in [-0.15, -0.1) is 11.3 Å². The highest BCUT2D eigenvalue weighted by Gasteiger charge is 2.14. The van der Waals surface area contributed by atoms with Crippen LogP contribution in [0.2, 0.25) is 10.0 Å². The summed E-state index contributed by atoms with van der Waals surface area (Å²) in [5.74, 6) is -1.60. The summed E-state index contributed by atoms with van der Waals surface area (Å²) >= 11 is 13.2. The topological polar surface area (TPSA) is 65.0 Å². The summed E-state index contributed by atoms with van der Waals surface area (Å²) in [5, 5.41) is 15.4. The second-order valence-electron chi connectivity index (χ2n) is 5.10. The van der Waals surface area contributed by atoms with E-state index in [0.717, 1.165) is 0 Å². The van der Waals surface area contributed by atoms with Crippen molar-refractivity contribution in [2.75, 3.05) is 5.32 Å². The highest BCUT2D eigenvalue weighted by molar-refractivity contribution is 7.16. The Balaban J connectivity index is 1.97. The van der Waals surface area contributed by atoms with E-state index in [1.54, 1.807) is 30.3 Å². The van der Waals surface area contributed by atoms with E-state index >= 15 is 0 Å². The van der Waals surface area contributed by atoms with E-state index in [4.69, 9.17) is 23.2 Å². The molecule has 8 heteroatoms. The maximum Gasteiger partial charge on any atom is 0.188 e. The number of carbonyl (C=O) groups excluding carboxylic acids is 1. The smallest absolute Gasteiger partial charge is 0.188 e. The van der Waals surface area contributed by atoms with Gasteiger partial charge in [0.15, 0.2) is 5.13 Å².